The van der Waals surface area contributed by atoms with Gasteiger partial charge in [-0.15, -0.1) is 0 Å². The lowest BCUT2D eigenvalue weighted by atomic mass is 10.1. The largest absolute Gasteiger partial charge is 0.372 e. The van der Waals surface area contributed by atoms with E-state index in [2.05, 4.69) is 36.3 Å². The summed E-state index contributed by atoms with van der Waals surface area (Å²) in [5.74, 6) is 4.94. The van der Waals surface area contributed by atoms with E-state index in [4.69, 9.17) is 5.84 Å². The van der Waals surface area contributed by atoms with Crippen molar-refractivity contribution in [3.8, 4) is 0 Å². The van der Waals surface area contributed by atoms with Crippen LogP contribution in [-0.4, -0.2) is 19.0 Å². The lowest BCUT2D eigenvalue weighted by molar-refractivity contribution is -0.121. The fraction of sp³-hybridized carbons (Fsp3) is 0.462. The summed E-state index contributed by atoms with van der Waals surface area (Å²) in [6.45, 7) is 6.03. The number of carbonyl (C=O) groups is 1. The van der Waals surface area contributed by atoms with Gasteiger partial charge in [0.05, 0.1) is 0 Å². The highest BCUT2D eigenvalue weighted by molar-refractivity contribution is 5.75. The summed E-state index contributed by atoms with van der Waals surface area (Å²) in [5.41, 5.74) is 4.65. The van der Waals surface area contributed by atoms with Gasteiger partial charge in [-0.1, -0.05) is 18.2 Å². The van der Waals surface area contributed by atoms with Crippen molar-refractivity contribution in [1.29, 1.82) is 0 Å². The molecule has 1 amide bonds. The molecule has 0 spiro atoms. The number of anilines is 1. The lowest BCUT2D eigenvalue weighted by Gasteiger charge is -2.24. The Kier molecular flexibility index (Phi) is 5.49. The van der Waals surface area contributed by atoms with E-state index in [0.717, 1.165) is 19.5 Å². The molecule has 0 saturated heterocycles. The third-order valence-electron chi connectivity index (χ3n) is 2.83. The number of hydrazine groups is 1. The zero-order valence-electron chi connectivity index (χ0n) is 10.6. The van der Waals surface area contributed by atoms with Crippen LogP contribution in [0.15, 0.2) is 24.3 Å². The summed E-state index contributed by atoms with van der Waals surface area (Å²) >= 11 is 0. The molecule has 4 nitrogen and oxygen atoms in total. The van der Waals surface area contributed by atoms with Crippen molar-refractivity contribution in [2.75, 3.05) is 18.0 Å². The maximum absolute atomic E-state index is 11.0. The lowest BCUT2D eigenvalue weighted by Crippen LogP contribution is -2.31. The quantitative estimate of drug-likeness (QED) is 0.447. The maximum atomic E-state index is 11.0. The van der Waals surface area contributed by atoms with Gasteiger partial charge in [-0.05, 0) is 31.9 Å². The van der Waals surface area contributed by atoms with Gasteiger partial charge in [-0.3, -0.25) is 10.2 Å². The number of aryl methyl sites for hydroxylation is 1. The summed E-state index contributed by atoms with van der Waals surface area (Å²) in [6.07, 6.45) is 1.28. The number of nitrogens with zero attached hydrogens (tertiary/aromatic N) is 1. The van der Waals surface area contributed by atoms with E-state index in [0.29, 0.717) is 6.42 Å². The van der Waals surface area contributed by atoms with Crippen LogP contribution in [0.5, 0.6) is 0 Å². The van der Waals surface area contributed by atoms with E-state index in [9.17, 15) is 4.79 Å². The van der Waals surface area contributed by atoms with E-state index in [1.807, 2.05) is 12.1 Å². The molecule has 0 heterocycles. The molecule has 0 aliphatic rings. The monoisotopic (exact) mass is 235 g/mol. The number of nitrogens with two attached hydrogens (primary N) is 1. The average molecular weight is 235 g/mol. The van der Waals surface area contributed by atoms with Crippen molar-refractivity contribution >= 4 is 11.6 Å². The first-order valence-corrected chi connectivity index (χ1v) is 5.99. The van der Waals surface area contributed by atoms with Crippen LogP contribution in [0.3, 0.4) is 0 Å². The van der Waals surface area contributed by atoms with E-state index in [1.54, 1.807) is 0 Å². The van der Waals surface area contributed by atoms with Gasteiger partial charge in [0, 0.05) is 25.2 Å². The SMILES string of the molecule is CCN(CCCC(=O)NN)c1ccccc1C. The Morgan fingerprint density at radius 1 is 1.41 bits per heavy atom. The van der Waals surface area contributed by atoms with Crippen molar-refractivity contribution in [2.45, 2.75) is 26.7 Å². The van der Waals surface area contributed by atoms with Gasteiger partial charge in [0.15, 0.2) is 0 Å². The standard InChI is InChI=1S/C13H21N3O/c1-3-16(10-6-9-13(17)15-14)12-8-5-4-7-11(12)2/h4-5,7-8H,3,6,9-10,14H2,1-2H3,(H,15,17). The van der Waals surface area contributed by atoms with Gasteiger partial charge in [0.2, 0.25) is 5.91 Å². The molecule has 1 rings (SSSR count). The van der Waals surface area contributed by atoms with Gasteiger partial charge in [0.1, 0.15) is 0 Å². The average Bonchev–Trinajstić information content (AvgIpc) is 2.35. The van der Waals surface area contributed by atoms with Crippen LogP contribution in [0.2, 0.25) is 0 Å². The second-order valence-electron chi connectivity index (χ2n) is 4.04. The number of hydrogen-bond acceptors (Lipinski definition) is 3. The van der Waals surface area contributed by atoms with Gasteiger partial charge in [0.25, 0.3) is 0 Å². The highest BCUT2D eigenvalue weighted by atomic mass is 16.2. The van der Waals surface area contributed by atoms with Crippen molar-refractivity contribution in [3.05, 3.63) is 29.8 Å². The smallest absolute Gasteiger partial charge is 0.233 e. The molecule has 0 saturated carbocycles. The topological polar surface area (TPSA) is 58.4 Å². The molecule has 17 heavy (non-hydrogen) atoms. The molecular weight excluding hydrogens is 214 g/mol. The van der Waals surface area contributed by atoms with Crippen LogP contribution in [0.25, 0.3) is 0 Å². The Bertz CT molecular complexity index is 365. The molecule has 0 aliphatic heterocycles. The van der Waals surface area contributed by atoms with Gasteiger partial charge in [-0.2, -0.15) is 0 Å². The Morgan fingerprint density at radius 2 is 2.12 bits per heavy atom. The Morgan fingerprint density at radius 3 is 2.71 bits per heavy atom. The zero-order chi connectivity index (χ0) is 12.7. The van der Waals surface area contributed by atoms with Crippen LogP contribution >= 0.6 is 0 Å². The maximum Gasteiger partial charge on any atom is 0.233 e. The first-order chi connectivity index (χ1) is 8.19. The third-order valence-corrected chi connectivity index (χ3v) is 2.83. The van der Waals surface area contributed by atoms with Gasteiger partial charge in [-0.25, -0.2) is 5.84 Å². The molecule has 1 aromatic rings. The molecule has 0 radical (unpaired) electrons. The Balaban J connectivity index is 2.55. The molecule has 94 valence electrons. The van der Waals surface area contributed by atoms with Crippen LogP contribution in [0, 0.1) is 6.92 Å². The number of amides is 1. The van der Waals surface area contributed by atoms with Crippen LogP contribution in [0.1, 0.15) is 25.3 Å². The summed E-state index contributed by atoms with van der Waals surface area (Å²) in [6, 6.07) is 8.29. The molecule has 3 N–H and O–H groups in total. The minimum Gasteiger partial charge on any atom is -0.372 e. The first-order valence-electron chi connectivity index (χ1n) is 5.99. The van der Waals surface area contributed by atoms with Gasteiger partial charge < -0.3 is 4.90 Å². The van der Waals surface area contributed by atoms with Crippen molar-refractivity contribution in [3.63, 3.8) is 0 Å². The fourth-order valence-corrected chi connectivity index (χ4v) is 1.87. The molecule has 0 aromatic heterocycles. The predicted octanol–water partition coefficient (Wildman–Crippen LogP) is 1.59. The molecule has 4 heteroatoms. The summed E-state index contributed by atoms with van der Waals surface area (Å²) in [7, 11) is 0. The minimum absolute atomic E-state index is 0.106. The Labute approximate surface area is 103 Å². The predicted molar refractivity (Wildman–Crippen MR) is 70.6 cm³/mol. The number of para-hydroxylation sites is 1. The molecule has 0 bridgehead atoms. The van der Waals surface area contributed by atoms with E-state index >= 15 is 0 Å². The Hall–Kier alpha value is -1.55. The second kappa shape index (κ2) is 6.91. The molecule has 0 atom stereocenters. The summed E-state index contributed by atoms with van der Waals surface area (Å²) in [4.78, 5) is 13.3. The molecule has 0 aliphatic carbocycles. The normalized spacial score (nSPS) is 10.1. The molecule has 0 fully saturated rings. The second-order valence-corrected chi connectivity index (χ2v) is 4.04. The molecular formula is C13H21N3O. The zero-order valence-corrected chi connectivity index (χ0v) is 10.6. The highest BCUT2D eigenvalue weighted by Gasteiger charge is 2.07. The van der Waals surface area contributed by atoms with Crippen molar-refractivity contribution in [1.82, 2.24) is 5.43 Å². The van der Waals surface area contributed by atoms with Crippen molar-refractivity contribution < 1.29 is 4.79 Å². The van der Waals surface area contributed by atoms with Crippen LogP contribution in [0.4, 0.5) is 5.69 Å². The van der Waals surface area contributed by atoms with Crippen molar-refractivity contribution in [2.24, 2.45) is 5.84 Å². The molecule has 1 aromatic carbocycles. The van der Waals surface area contributed by atoms with E-state index in [-0.39, 0.29) is 5.91 Å². The minimum atomic E-state index is -0.106. The first kappa shape index (κ1) is 13.5. The fourth-order valence-electron chi connectivity index (χ4n) is 1.87. The number of hydrogen-bond donors (Lipinski definition) is 2. The van der Waals surface area contributed by atoms with Crippen LogP contribution in [-0.2, 0) is 4.79 Å². The summed E-state index contributed by atoms with van der Waals surface area (Å²) < 4.78 is 0. The number of nitrogens with one attached hydrogen (secondary N) is 1. The van der Waals surface area contributed by atoms with Gasteiger partial charge >= 0.3 is 0 Å². The van der Waals surface area contributed by atoms with E-state index in [1.165, 1.54) is 11.3 Å². The summed E-state index contributed by atoms with van der Waals surface area (Å²) in [5, 5.41) is 0. The highest BCUT2D eigenvalue weighted by Crippen LogP contribution is 2.19. The number of carbonyl (C=O) groups excluding carboxylic acids is 1. The number of benzene rings is 1. The number of rotatable bonds is 6. The third kappa shape index (κ3) is 4.07. The molecule has 0 unspecified atom stereocenters. The van der Waals surface area contributed by atoms with Crippen LogP contribution < -0.4 is 16.2 Å². The van der Waals surface area contributed by atoms with E-state index < -0.39 is 0 Å².